The van der Waals surface area contributed by atoms with E-state index < -0.39 is 0 Å². The molecule has 0 bridgehead atoms. The Kier molecular flexibility index (Phi) is 9.31. The molecule has 0 fully saturated rings. The molecule has 4 heteroatoms. The summed E-state index contributed by atoms with van der Waals surface area (Å²) in [5, 5.41) is 2.61. The number of hydrogen-bond acceptors (Lipinski definition) is 3. The fraction of sp³-hybridized carbons (Fsp3) is 0.700. The molecule has 1 amide bonds. The average Bonchev–Trinajstić information content (AvgIpc) is 2.18. The predicted molar refractivity (Wildman–Crippen MR) is 57.1 cm³/mol. The van der Waals surface area contributed by atoms with Crippen LogP contribution in [-0.4, -0.2) is 25.8 Å². The Morgan fingerprint density at radius 1 is 1.43 bits per heavy atom. The van der Waals surface area contributed by atoms with Crippen molar-refractivity contribution in [1.29, 1.82) is 0 Å². The molecular weight excluding hydrogens is 180 g/mol. The smallest absolute Gasteiger partial charge is 0.407 e. The highest BCUT2D eigenvalue weighted by molar-refractivity contribution is 5.66. The van der Waals surface area contributed by atoms with E-state index in [0.29, 0.717) is 19.7 Å². The molecule has 0 saturated carbocycles. The maximum atomic E-state index is 11.0. The van der Waals surface area contributed by atoms with Crippen molar-refractivity contribution in [3.8, 4) is 0 Å². The van der Waals surface area contributed by atoms with Crippen molar-refractivity contribution in [2.24, 2.45) is 5.73 Å². The van der Waals surface area contributed by atoms with Gasteiger partial charge < -0.3 is 15.8 Å². The first kappa shape index (κ1) is 13.0. The van der Waals surface area contributed by atoms with E-state index in [0.717, 1.165) is 25.7 Å². The van der Waals surface area contributed by atoms with Gasteiger partial charge in [-0.05, 0) is 32.2 Å². The Labute approximate surface area is 85.5 Å². The molecule has 0 aromatic carbocycles. The number of amides is 1. The lowest BCUT2D eigenvalue weighted by Gasteiger charge is -2.05. The number of ether oxygens (including phenoxy) is 1. The molecule has 3 N–H and O–H groups in total. The lowest BCUT2D eigenvalue weighted by Crippen LogP contribution is -2.26. The van der Waals surface area contributed by atoms with E-state index in [2.05, 4.69) is 11.9 Å². The molecule has 0 aliphatic carbocycles. The first-order valence-corrected chi connectivity index (χ1v) is 5.03. The monoisotopic (exact) mass is 200 g/mol. The Bertz CT molecular complexity index is 160. The van der Waals surface area contributed by atoms with Crippen LogP contribution in [0.15, 0.2) is 12.7 Å². The molecule has 0 aromatic rings. The number of carbonyl (C=O) groups excluding carboxylic acids is 1. The van der Waals surface area contributed by atoms with Gasteiger partial charge in [-0.3, -0.25) is 0 Å². The number of allylic oxidation sites excluding steroid dienone is 1. The van der Waals surface area contributed by atoms with Crippen molar-refractivity contribution in [2.45, 2.75) is 25.7 Å². The quantitative estimate of drug-likeness (QED) is 0.460. The highest BCUT2D eigenvalue weighted by atomic mass is 16.5. The Morgan fingerprint density at radius 3 is 2.86 bits per heavy atom. The van der Waals surface area contributed by atoms with Crippen LogP contribution in [0, 0.1) is 0 Å². The molecule has 0 saturated heterocycles. The molecule has 0 aliphatic rings. The van der Waals surface area contributed by atoms with Gasteiger partial charge >= 0.3 is 6.09 Å². The van der Waals surface area contributed by atoms with Crippen molar-refractivity contribution in [2.75, 3.05) is 19.7 Å². The Balaban J connectivity index is 3.14. The van der Waals surface area contributed by atoms with E-state index >= 15 is 0 Å². The molecule has 4 nitrogen and oxygen atoms in total. The van der Waals surface area contributed by atoms with Gasteiger partial charge in [0.15, 0.2) is 0 Å². The predicted octanol–water partition coefficient (Wildman–Crippen LogP) is 1.42. The lowest BCUT2D eigenvalue weighted by molar-refractivity contribution is 0.144. The Morgan fingerprint density at radius 2 is 2.21 bits per heavy atom. The van der Waals surface area contributed by atoms with Gasteiger partial charge in [0.2, 0.25) is 0 Å². The molecule has 82 valence electrons. The number of carbonyl (C=O) groups is 1. The van der Waals surface area contributed by atoms with Crippen molar-refractivity contribution >= 4 is 6.09 Å². The van der Waals surface area contributed by atoms with E-state index in [1.54, 1.807) is 0 Å². The fourth-order valence-electron chi connectivity index (χ4n) is 0.899. The summed E-state index contributed by atoms with van der Waals surface area (Å²) in [6.45, 7) is 5.25. The van der Waals surface area contributed by atoms with E-state index in [1.807, 2.05) is 6.08 Å². The topological polar surface area (TPSA) is 64.3 Å². The molecule has 0 unspecified atom stereocenters. The van der Waals surface area contributed by atoms with Crippen molar-refractivity contribution in [3.63, 3.8) is 0 Å². The normalized spacial score (nSPS) is 9.50. The van der Waals surface area contributed by atoms with Gasteiger partial charge in [0.25, 0.3) is 0 Å². The van der Waals surface area contributed by atoms with E-state index in [-0.39, 0.29) is 6.09 Å². The lowest BCUT2D eigenvalue weighted by atomic mass is 10.2. The average molecular weight is 200 g/mol. The third-order valence-corrected chi connectivity index (χ3v) is 1.69. The first-order valence-electron chi connectivity index (χ1n) is 5.03. The second-order valence-corrected chi connectivity index (χ2v) is 2.99. The zero-order chi connectivity index (χ0) is 10.6. The molecule has 14 heavy (non-hydrogen) atoms. The highest BCUT2D eigenvalue weighted by Crippen LogP contribution is 1.95. The SMILES string of the molecule is C=CCCCCOC(=O)NCCCN. The van der Waals surface area contributed by atoms with Crippen LogP contribution in [0.25, 0.3) is 0 Å². The van der Waals surface area contributed by atoms with Gasteiger partial charge in [-0.25, -0.2) is 4.79 Å². The van der Waals surface area contributed by atoms with Gasteiger partial charge in [-0.1, -0.05) is 6.08 Å². The number of unbranched alkanes of at least 4 members (excludes halogenated alkanes) is 2. The summed E-state index contributed by atoms with van der Waals surface area (Å²) in [7, 11) is 0. The standard InChI is InChI=1S/C10H20N2O2/c1-2-3-4-5-9-14-10(13)12-8-6-7-11/h2H,1,3-9,11H2,(H,12,13). The van der Waals surface area contributed by atoms with Crippen LogP contribution in [-0.2, 0) is 4.74 Å². The van der Waals surface area contributed by atoms with Crippen LogP contribution >= 0.6 is 0 Å². The molecular formula is C10H20N2O2. The second-order valence-electron chi connectivity index (χ2n) is 2.99. The minimum Gasteiger partial charge on any atom is -0.450 e. The number of alkyl carbamates (subject to hydrolysis) is 1. The minimum atomic E-state index is -0.350. The van der Waals surface area contributed by atoms with Gasteiger partial charge in [0.1, 0.15) is 0 Å². The van der Waals surface area contributed by atoms with Gasteiger partial charge in [0, 0.05) is 6.54 Å². The van der Waals surface area contributed by atoms with Crippen LogP contribution in [0.3, 0.4) is 0 Å². The van der Waals surface area contributed by atoms with Crippen LogP contribution in [0.5, 0.6) is 0 Å². The third-order valence-electron chi connectivity index (χ3n) is 1.69. The largest absolute Gasteiger partial charge is 0.450 e. The maximum absolute atomic E-state index is 11.0. The van der Waals surface area contributed by atoms with Gasteiger partial charge in [-0.15, -0.1) is 6.58 Å². The first-order chi connectivity index (χ1) is 6.81. The number of hydrogen-bond donors (Lipinski definition) is 2. The molecule has 0 heterocycles. The van der Waals surface area contributed by atoms with Crippen molar-refractivity contribution in [3.05, 3.63) is 12.7 Å². The van der Waals surface area contributed by atoms with E-state index in [4.69, 9.17) is 10.5 Å². The second kappa shape index (κ2) is 10.1. The van der Waals surface area contributed by atoms with Gasteiger partial charge in [-0.2, -0.15) is 0 Å². The van der Waals surface area contributed by atoms with Crippen LogP contribution < -0.4 is 11.1 Å². The molecule has 0 radical (unpaired) electrons. The van der Waals surface area contributed by atoms with Gasteiger partial charge in [0.05, 0.1) is 6.61 Å². The van der Waals surface area contributed by atoms with Crippen LogP contribution in [0.2, 0.25) is 0 Å². The maximum Gasteiger partial charge on any atom is 0.407 e. The van der Waals surface area contributed by atoms with E-state index in [1.165, 1.54) is 0 Å². The molecule has 0 spiro atoms. The Hall–Kier alpha value is -1.03. The summed E-state index contributed by atoms with van der Waals surface area (Å²) < 4.78 is 4.91. The summed E-state index contributed by atoms with van der Waals surface area (Å²) in [4.78, 5) is 11.0. The summed E-state index contributed by atoms with van der Waals surface area (Å²) in [5.74, 6) is 0. The third kappa shape index (κ3) is 9.06. The number of nitrogens with one attached hydrogen (secondary N) is 1. The van der Waals surface area contributed by atoms with Crippen molar-refractivity contribution in [1.82, 2.24) is 5.32 Å². The number of nitrogens with two attached hydrogens (primary N) is 1. The zero-order valence-electron chi connectivity index (χ0n) is 8.63. The van der Waals surface area contributed by atoms with Crippen LogP contribution in [0.1, 0.15) is 25.7 Å². The summed E-state index contributed by atoms with van der Waals surface area (Å²) in [6.07, 6.45) is 5.16. The zero-order valence-corrected chi connectivity index (χ0v) is 8.63. The highest BCUT2D eigenvalue weighted by Gasteiger charge is 1.98. The molecule has 0 aliphatic heterocycles. The minimum absolute atomic E-state index is 0.350. The summed E-state index contributed by atoms with van der Waals surface area (Å²) in [5.41, 5.74) is 5.27. The summed E-state index contributed by atoms with van der Waals surface area (Å²) >= 11 is 0. The van der Waals surface area contributed by atoms with Crippen molar-refractivity contribution < 1.29 is 9.53 Å². The molecule has 0 atom stereocenters. The summed E-state index contributed by atoms with van der Waals surface area (Å²) in [6, 6.07) is 0. The number of rotatable bonds is 8. The van der Waals surface area contributed by atoms with E-state index in [9.17, 15) is 4.79 Å². The molecule has 0 aromatic heterocycles. The fourth-order valence-corrected chi connectivity index (χ4v) is 0.899. The molecule has 0 rings (SSSR count). The van der Waals surface area contributed by atoms with Crippen LogP contribution in [0.4, 0.5) is 4.79 Å².